The lowest BCUT2D eigenvalue weighted by Crippen LogP contribution is -2.06. The number of unbranched alkanes of at least 4 members (excludes halogenated alkanes) is 1. The van der Waals surface area contributed by atoms with E-state index in [2.05, 4.69) is 34.3 Å². The molecule has 0 saturated carbocycles. The Morgan fingerprint density at radius 2 is 2.00 bits per heavy atom. The highest BCUT2D eigenvalue weighted by Crippen LogP contribution is 2.24. The summed E-state index contributed by atoms with van der Waals surface area (Å²) < 4.78 is 6.80. The van der Waals surface area contributed by atoms with Crippen LogP contribution in [0.2, 0.25) is 0 Å². The quantitative estimate of drug-likeness (QED) is 0.618. The number of anilines is 1. The number of fused-ring (bicyclic) bond motifs is 1. The van der Waals surface area contributed by atoms with Gasteiger partial charge in [0.05, 0.1) is 16.8 Å². The van der Waals surface area contributed by atoms with Gasteiger partial charge < -0.3 is 10.1 Å². The maximum absolute atomic E-state index is 5.68. The number of nitrogens with zero attached hydrogens (tertiary/aromatic N) is 2. The Hall–Kier alpha value is -2.14. The van der Waals surface area contributed by atoms with Gasteiger partial charge >= 0.3 is 0 Å². The van der Waals surface area contributed by atoms with E-state index in [9.17, 15) is 0 Å². The molecule has 0 spiro atoms. The minimum absolute atomic E-state index is 0.794. The summed E-state index contributed by atoms with van der Waals surface area (Å²) in [6.45, 7) is 3.81. The average molecular weight is 327 g/mol. The Balaban J connectivity index is 1.51. The van der Waals surface area contributed by atoms with Gasteiger partial charge in [0.25, 0.3) is 0 Å². The molecule has 0 unspecified atom stereocenters. The van der Waals surface area contributed by atoms with Crippen molar-refractivity contribution in [1.29, 1.82) is 0 Å². The van der Waals surface area contributed by atoms with Crippen LogP contribution in [-0.4, -0.2) is 23.1 Å². The molecule has 3 aromatic rings. The van der Waals surface area contributed by atoms with Gasteiger partial charge in [-0.25, -0.2) is 9.97 Å². The first-order valence-electron chi connectivity index (χ1n) is 8.00. The van der Waals surface area contributed by atoms with Gasteiger partial charge in [-0.05, 0) is 42.0 Å². The third kappa shape index (κ3) is 4.20. The van der Waals surface area contributed by atoms with Crippen molar-refractivity contribution in [3.8, 4) is 5.75 Å². The van der Waals surface area contributed by atoms with Crippen molar-refractivity contribution in [3.05, 3.63) is 47.6 Å². The molecule has 0 aliphatic heterocycles. The second kappa shape index (κ2) is 7.92. The Bertz CT molecular complexity index is 739. The molecule has 120 valence electrons. The van der Waals surface area contributed by atoms with Crippen LogP contribution in [0, 0.1) is 0 Å². The fourth-order valence-electron chi connectivity index (χ4n) is 2.33. The van der Waals surface area contributed by atoms with Gasteiger partial charge in [0.2, 0.25) is 0 Å². The lowest BCUT2D eigenvalue weighted by molar-refractivity contribution is 0.309. The molecule has 2 heterocycles. The standard InChI is InChI=1S/C18H21N3OS/c1-2-3-11-22-15-6-4-14(5-7-15)8-10-19-18-17-16(9-12-23-17)20-13-21-18/h4-7,9,12-13H,2-3,8,10-11H2,1H3,(H,19,20,21). The van der Waals surface area contributed by atoms with E-state index in [4.69, 9.17) is 4.74 Å². The van der Waals surface area contributed by atoms with Crippen molar-refractivity contribution in [3.63, 3.8) is 0 Å². The molecular formula is C18H21N3OS. The Morgan fingerprint density at radius 3 is 2.83 bits per heavy atom. The van der Waals surface area contributed by atoms with Crippen molar-refractivity contribution >= 4 is 27.4 Å². The summed E-state index contributed by atoms with van der Waals surface area (Å²) in [5.74, 6) is 1.87. The first-order chi connectivity index (χ1) is 11.4. The number of rotatable bonds is 8. The third-order valence-electron chi connectivity index (χ3n) is 3.64. The minimum Gasteiger partial charge on any atom is -0.494 e. The van der Waals surface area contributed by atoms with Gasteiger partial charge in [-0.15, -0.1) is 11.3 Å². The van der Waals surface area contributed by atoms with Gasteiger partial charge in [-0.3, -0.25) is 0 Å². The van der Waals surface area contributed by atoms with Gasteiger partial charge in [0, 0.05) is 6.54 Å². The molecule has 0 fully saturated rings. The second-order valence-electron chi connectivity index (χ2n) is 5.38. The number of nitrogens with one attached hydrogen (secondary N) is 1. The monoisotopic (exact) mass is 327 g/mol. The lowest BCUT2D eigenvalue weighted by Gasteiger charge is -2.08. The van der Waals surface area contributed by atoms with Gasteiger partial charge in [-0.2, -0.15) is 0 Å². The van der Waals surface area contributed by atoms with Crippen LogP contribution < -0.4 is 10.1 Å². The van der Waals surface area contributed by atoms with E-state index >= 15 is 0 Å². The molecule has 0 bridgehead atoms. The van der Waals surface area contributed by atoms with E-state index in [-0.39, 0.29) is 0 Å². The molecule has 0 saturated heterocycles. The molecule has 23 heavy (non-hydrogen) atoms. The predicted molar refractivity (Wildman–Crippen MR) is 96.5 cm³/mol. The van der Waals surface area contributed by atoms with E-state index in [0.29, 0.717) is 0 Å². The molecule has 0 aliphatic rings. The summed E-state index contributed by atoms with van der Waals surface area (Å²) in [6, 6.07) is 10.4. The van der Waals surface area contributed by atoms with Crippen molar-refractivity contribution in [2.45, 2.75) is 26.2 Å². The van der Waals surface area contributed by atoms with Crippen molar-refractivity contribution in [2.75, 3.05) is 18.5 Å². The molecule has 2 aromatic heterocycles. The summed E-state index contributed by atoms with van der Waals surface area (Å²) in [6.07, 6.45) is 4.82. The molecule has 0 aliphatic carbocycles. The molecule has 5 heteroatoms. The first kappa shape index (κ1) is 15.7. The number of aromatic nitrogens is 2. The third-order valence-corrected chi connectivity index (χ3v) is 4.55. The fraction of sp³-hybridized carbons (Fsp3) is 0.333. The summed E-state index contributed by atoms with van der Waals surface area (Å²) in [7, 11) is 0. The first-order valence-corrected chi connectivity index (χ1v) is 8.88. The number of hydrogen-bond acceptors (Lipinski definition) is 5. The molecule has 3 rings (SSSR count). The smallest absolute Gasteiger partial charge is 0.147 e. The van der Waals surface area contributed by atoms with Crippen molar-refractivity contribution < 1.29 is 4.74 Å². The van der Waals surface area contributed by atoms with E-state index < -0.39 is 0 Å². The van der Waals surface area contributed by atoms with Crippen LogP contribution in [0.25, 0.3) is 10.2 Å². The lowest BCUT2D eigenvalue weighted by atomic mass is 10.1. The molecule has 0 radical (unpaired) electrons. The molecule has 4 nitrogen and oxygen atoms in total. The van der Waals surface area contributed by atoms with E-state index in [1.54, 1.807) is 17.7 Å². The Kier molecular flexibility index (Phi) is 5.42. The summed E-state index contributed by atoms with van der Waals surface area (Å²) >= 11 is 1.67. The molecule has 0 amide bonds. The zero-order valence-corrected chi connectivity index (χ0v) is 14.1. The second-order valence-corrected chi connectivity index (χ2v) is 6.30. The van der Waals surface area contributed by atoms with Gasteiger partial charge in [0.15, 0.2) is 0 Å². The SMILES string of the molecule is CCCCOc1ccc(CCNc2ncnc3ccsc23)cc1. The fourth-order valence-corrected chi connectivity index (χ4v) is 3.14. The number of benzene rings is 1. The summed E-state index contributed by atoms with van der Waals surface area (Å²) in [4.78, 5) is 8.59. The van der Waals surface area contributed by atoms with Gasteiger partial charge in [-0.1, -0.05) is 25.5 Å². The zero-order chi connectivity index (χ0) is 15.9. The van der Waals surface area contributed by atoms with Gasteiger partial charge in [0.1, 0.15) is 17.9 Å². The van der Waals surface area contributed by atoms with Crippen LogP contribution in [-0.2, 0) is 6.42 Å². The number of hydrogen-bond donors (Lipinski definition) is 1. The highest BCUT2D eigenvalue weighted by atomic mass is 32.1. The molecule has 1 N–H and O–H groups in total. The van der Waals surface area contributed by atoms with E-state index in [1.807, 2.05) is 23.6 Å². The maximum atomic E-state index is 5.68. The normalized spacial score (nSPS) is 10.8. The summed E-state index contributed by atoms with van der Waals surface area (Å²) in [5.41, 5.74) is 2.29. The van der Waals surface area contributed by atoms with E-state index in [0.717, 1.165) is 54.2 Å². The Morgan fingerprint density at radius 1 is 1.13 bits per heavy atom. The van der Waals surface area contributed by atoms with Crippen LogP contribution in [0.15, 0.2) is 42.0 Å². The van der Waals surface area contributed by atoms with Crippen LogP contribution in [0.5, 0.6) is 5.75 Å². The number of thiophene rings is 1. The average Bonchev–Trinajstić information content (AvgIpc) is 3.06. The minimum atomic E-state index is 0.794. The highest BCUT2D eigenvalue weighted by molar-refractivity contribution is 7.17. The van der Waals surface area contributed by atoms with E-state index in [1.165, 1.54) is 5.56 Å². The summed E-state index contributed by atoms with van der Waals surface area (Å²) in [5, 5.41) is 5.45. The highest BCUT2D eigenvalue weighted by Gasteiger charge is 2.04. The number of ether oxygens (including phenoxy) is 1. The van der Waals surface area contributed by atoms with Crippen LogP contribution >= 0.6 is 11.3 Å². The van der Waals surface area contributed by atoms with Crippen molar-refractivity contribution in [1.82, 2.24) is 9.97 Å². The Labute approximate surface area is 140 Å². The largest absolute Gasteiger partial charge is 0.494 e. The molecule has 1 aromatic carbocycles. The molecule has 0 atom stereocenters. The van der Waals surface area contributed by atoms with Crippen LogP contribution in [0.4, 0.5) is 5.82 Å². The molecular weight excluding hydrogens is 306 g/mol. The zero-order valence-electron chi connectivity index (χ0n) is 13.3. The topological polar surface area (TPSA) is 47.0 Å². The van der Waals surface area contributed by atoms with Crippen LogP contribution in [0.1, 0.15) is 25.3 Å². The van der Waals surface area contributed by atoms with Crippen LogP contribution in [0.3, 0.4) is 0 Å². The predicted octanol–water partition coefficient (Wildman–Crippen LogP) is 4.52. The maximum Gasteiger partial charge on any atom is 0.147 e. The van der Waals surface area contributed by atoms with Crippen molar-refractivity contribution in [2.24, 2.45) is 0 Å².